The van der Waals surface area contributed by atoms with Crippen molar-refractivity contribution >= 4 is 43.5 Å². The number of aliphatic imine (C=N–C) groups is 1. The molecule has 0 saturated carbocycles. The monoisotopic (exact) mass is 453 g/mol. The van der Waals surface area contributed by atoms with Crippen molar-refractivity contribution in [3.8, 4) is 0 Å². The second-order valence-corrected chi connectivity index (χ2v) is 9.36. The first-order valence-corrected chi connectivity index (χ1v) is 12.0. The third-order valence-electron chi connectivity index (χ3n) is 5.23. The van der Waals surface area contributed by atoms with E-state index < -0.39 is 0 Å². The smallest absolute Gasteiger partial charge is 0.171 e. The number of nitrogens with zero attached hydrogens (tertiary/aromatic N) is 5. The van der Waals surface area contributed by atoms with Gasteiger partial charge in [-0.05, 0) is 23.5 Å². The van der Waals surface area contributed by atoms with Gasteiger partial charge in [0.15, 0.2) is 11.0 Å². The summed E-state index contributed by atoms with van der Waals surface area (Å²) in [5, 5.41) is 2.13. The van der Waals surface area contributed by atoms with E-state index >= 15 is 0 Å². The summed E-state index contributed by atoms with van der Waals surface area (Å²) in [6.07, 6.45) is 5.93. The van der Waals surface area contributed by atoms with E-state index in [0.29, 0.717) is 0 Å². The average Bonchev–Trinajstić information content (AvgIpc) is 3.35. The van der Waals surface area contributed by atoms with Gasteiger partial charge in [-0.2, -0.15) is 0 Å². The SMILES string of the molecule is C=CN(C)c1nc(SCC2=NC(CC)=CC2)n(Cc2cccc(P)c2)c1C(=C)N(C)C. The maximum absolute atomic E-state index is 5.02. The predicted molar refractivity (Wildman–Crippen MR) is 140 cm³/mol. The molecule has 0 amide bonds. The van der Waals surface area contributed by atoms with Crippen LogP contribution in [0.1, 0.15) is 31.0 Å². The first kappa shape index (κ1) is 23.4. The third kappa shape index (κ3) is 5.50. The van der Waals surface area contributed by atoms with Gasteiger partial charge in [0.25, 0.3) is 0 Å². The van der Waals surface area contributed by atoms with Crippen LogP contribution < -0.4 is 10.2 Å². The number of hydrogen-bond donors (Lipinski definition) is 0. The van der Waals surface area contributed by atoms with Gasteiger partial charge in [0.1, 0.15) is 5.69 Å². The molecule has 1 aliphatic heterocycles. The Balaban J connectivity index is 2.02. The molecule has 3 rings (SSSR count). The summed E-state index contributed by atoms with van der Waals surface area (Å²) in [5.74, 6) is 1.69. The number of thioether (sulfide) groups is 1. The molecule has 164 valence electrons. The molecule has 0 radical (unpaired) electrons. The summed E-state index contributed by atoms with van der Waals surface area (Å²) in [7, 11) is 8.78. The zero-order chi connectivity index (χ0) is 22.5. The Morgan fingerprint density at radius 1 is 1.32 bits per heavy atom. The molecular formula is C24H32N5PS. The second kappa shape index (κ2) is 10.3. The van der Waals surface area contributed by atoms with Crippen molar-refractivity contribution in [3.05, 3.63) is 66.7 Å². The Hall–Kier alpha value is -2.30. The number of aromatic nitrogens is 2. The van der Waals surface area contributed by atoms with Gasteiger partial charge < -0.3 is 14.4 Å². The van der Waals surface area contributed by atoms with Gasteiger partial charge in [-0.3, -0.25) is 4.99 Å². The minimum absolute atomic E-state index is 0.718. The Morgan fingerprint density at radius 2 is 2.10 bits per heavy atom. The van der Waals surface area contributed by atoms with Crippen molar-refractivity contribution < 1.29 is 0 Å². The van der Waals surface area contributed by atoms with Crippen LogP contribution in [0, 0.1) is 0 Å². The van der Waals surface area contributed by atoms with E-state index in [4.69, 9.17) is 9.98 Å². The molecule has 7 heteroatoms. The lowest BCUT2D eigenvalue weighted by Gasteiger charge is -2.22. The summed E-state index contributed by atoms with van der Waals surface area (Å²) in [4.78, 5) is 13.8. The van der Waals surface area contributed by atoms with E-state index in [1.807, 2.05) is 30.9 Å². The molecule has 0 aliphatic carbocycles. The Kier molecular flexibility index (Phi) is 7.79. The summed E-state index contributed by atoms with van der Waals surface area (Å²) in [6.45, 7) is 11.2. The summed E-state index contributed by atoms with van der Waals surface area (Å²) in [6, 6.07) is 8.52. The fourth-order valence-corrected chi connectivity index (χ4v) is 4.64. The second-order valence-electron chi connectivity index (χ2n) is 7.75. The lowest BCUT2D eigenvalue weighted by molar-refractivity contribution is 0.577. The number of allylic oxidation sites excluding steroid dienone is 2. The first-order valence-electron chi connectivity index (χ1n) is 10.4. The van der Waals surface area contributed by atoms with Gasteiger partial charge in [-0.15, -0.1) is 9.24 Å². The van der Waals surface area contributed by atoms with Crippen LogP contribution >= 0.6 is 21.0 Å². The highest BCUT2D eigenvalue weighted by Gasteiger charge is 2.23. The molecule has 0 bridgehead atoms. The average molecular weight is 454 g/mol. The van der Waals surface area contributed by atoms with Gasteiger partial charge in [0.2, 0.25) is 0 Å². The van der Waals surface area contributed by atoms with Crippen molar-refractivity contribution in [1.82, 2.24) is 14.5 Å². The molecule has 1 aromatic heterocycles. The van der Waals surface area contributed by atoms with Crippen LogP contribution in [0.5, 0.6) is 0 Å². The lowest BCUT2D eigenvalue weighted by Crippen LogP contribution is -2.18. The van der Waals surface area contributed by atoms with Crippen LogP contribution in [0.15, 0.2) is 65.5 Å². The minimum atomic E-state index is 0.718. The highest BCUT2D eigenvalue weighted by molar-refractivity contribution is 7.99. The van der Waals surface area contributed by atoms with E-state index in [1.165, 1.54) is 22.3 Å². The fraction of sp³-hybridized carbons (Fsp3) is 0.333. The number of benzene rings is 1. The maximum atomic E-state index is 5.02. The molecule has 0 fully saturated rings. The lowest BCUT2D eigenvalue weighted by atomic mass is 10.2. The standard InChI is InChI=1S/C24H32N5PS/c1-7-19-12-13-20(25-19)16-31-24-26-23(28(6)8-2)22(17(3)27(4)5)29(24)15-18-10-9-11-21(30)14-18/h8-12,14H,2-3,7,13,15-16,30H2,1,4-6H3. The number of rotatable bonds is 10. The Labute approximate surface area is 192 Å². The predicted octanol–water partition coefficient (Wildman–Crippen LogP) is 4.77. The third-order valence-corrected chi connectivity index (χ3v) is 6.64. The molecule has 31 heavy (non-hydrogen) atoms. The van der Waals surface area contributed by atoms with E-state index in [0.717, 1.165) is 47.5 Å². The molecule has 2 aromatic rings. The molecule has 0 saturated heterocycles. The van der Waals surface area contributed by atoms with Gasteiger partial charge in [-0.1, -0.05) is 62.2 Å². The summed E-state index contributed by atoms with van der Waals surface area (Å²) < 4.78 is 2.27. The van der Waals surface area contributed by atoms with E-state index in [-0.39, 0.29) is 0 Å². The molecule has 2 heterocycles. The van der Waals surface area contributed by atoms with Gasteiger partial charge in [0, 0.05) is 44.7 Å². The normalized spacial score (nSPS) is 13.1. The van der Waals surface area contributed by atoms with Crippen molar-refractivity contribution in [2.24, 2.45) is 4.99 Å². The molecule has 1 aliphatic rings. The molecule has 0 spiro atoms. The number of imidazole rings is 1. The number of anilines is 1. The summed E-state index contributed by atoms with van der Waals surface area (Å²) >= 11 is 1.73. The van der Waals surface area contributed by atoms with Crippen LogP contribution in [0.4, 0.5) is 5.82 Å². The number of hydrogen-bond acceptors (Lipinski definition) is 5. The highest BCUT2D eigenvalue weighted by Crippen LogP contribution is 2.33. The molecular weight excluding hydrogens is 421 g/mol. The minimum Gasteiger partial charge on any atom is -0.376 e. The van der Waals surface area contributed by atoms with E-state index in [2.05, 4.69) is 64.2 Å². The van der Waals surface area contributed by atoms with E-state index in [9.17, 15) is 0 Å². The first-order chi connectivity index (χ1) is 14.8. The van der Waals surface area contributed by atoms with Crippen molar-refractivity contribution in [2.45, 2.75) is 31.5 Å². The largest absolute Gasteiger partial charge is 0.376 e. The quantitative estimate of drug-likeness (QED) is 0.383. The van der Waals surface area contributed by atoms with Crippen LogP contribution in [0.3, 0.4) is 0 Å². The maximum Gasteiger partial charge on any atom is 0.171 e. The topological polar surface area (TPSA) is 36.7 Å². The van der Waals surface area contributed by atoms with Crippen LogP contribution in [-0.2, 0) is 6.54 Å². The fourth-order valence-electron chi connectivity index (χ4n) is 3.37. The molecule has 1 unspecified atom stereocenters. The molecule has 1 atom stereocenters. The van der Waals surface area contributed by atoms with Gasteiger partial charge in [-0.25, -0.2) is 4.98 Å². The van der Waals surface area contributed by atoms with E-state index in [1.54, 1.807) is 18.0 Å². The van der Waals surface area contributed by atoms with Crippen molar-refractivity contribution in [1.29, 1.82) is 0 Å². The Morgan fingerprint density at radius 3 is 2.71 bits per heavy atom. The summed E-state index contributed by atoms with van der Waals surface area (Å²) in [5.41, 5.74) is 5.53. The molecule has 1 aromatic carbocycles. The van der Waals surface area contributed by atoms with Crippen molar-refractivity contribution in [3.63, 3.8) is 0 Å². The van der Waals surface area contributed by atoms with Crippen LogP contribution in [0.2, 0.25) is 0 Å². The van der Waals surface area contributed by atoms with Gasteiger partial charge >= 0.3 is 0 Å². The molecule has 0 N–H and O–H groups in total. The molecule has 5 nitrogen and oxygen atoms in total. The highest BCUT2D eigenvalue weighted by atomic mass is 32.2. The van der Waals surface area contributed by atoms with Gasteiger partial charge in [0.05, 0.1) is 12.2 Å². The zero-order valence-electron chi connectivity index (χ0n) is 18.9. The van der Waals surface area contributed by atoms with Crippen molar-refractivity contribution in [2.75, 3.05) is 31.8 Å². The Bertz CT molecular complexity index is 1030. The zero-order valence-corrected chi connectivity index (χ0v) is 20.9. The van der Waals surface area contributed by atoms with Crippen LogP contribution in [0.25, 0.3) is 5.70 Å². The van der Waals surface area contributed by atoms with Crippen LogP contribution in [-0.4, -0.2) is 47.1 Å².